The van der Waals surface area contributed by atoms with Crippen LogP contribution >= 0.6 is 0 Å². The third-order valence-corrected chi connectivity index (χ3v) is 5.43. The van der Waals surface area contributed by atoms with E-state index in [-0.39, 0.29) is 5.92 Å². The van der Waals surface area contributed by atoms with Gasteiger partial charge in [0.2, 0.25) is 0 Å². The molecule has 1 saturated carbocycles. The molecule has 0 spiro atoms. The molecular weight excluding hydrogens is 306 g/mol. The molecule has 1 N–H and O–H groups in total. The first-order chi connectivity index (χ1) is 12.3. The van der Waals surface area contributed by atoms with Crippen LogP contribution < -0.4 is 0 Å². The lowest BCUT2D eigenvalue weighted by atomic mass is 9.50. The highest BCUT2D eigenvalue weighted by atomic mass is 16.4. The highest BCUT2D eigenvalue weighted by Crippen LogP contribution is 2.56. The van der Waals surface area contributed by atoms with Crippen LogP contribution in [0.15, 0.2) is 90.1 Å². The Balaban J connectivity index is 1.95. The van der Waals surface area contributed by atoms with Gasteiger partial charge in [-0.3, -0.25) is 0 Å². The Morgan fingerprint density at radius 1 is 0.800 bits per heavy atom. The Labute approximate surface area is 148 Å². The number of nitrogens with zero attached hydrogens (tertiary/aromatic N) is 1. The van der Waals surface area contributed by atoms with Gasteiger partial charge in [0.1, 0.15) is 0 Å². The highest BCUT2D eigenvalue weighted by molar-refractivity contribution is 6.05. The summed E-state index contributed by atoms with van der Waals surface area (Å²) in [4.78, 5) is 0. The third kappa shape index (κ3) is 2.37. The van der Waals surface area contributed by atoms with Gasteiger partial charge in [-0.05, 0) is 30.0 Å². The summed E-state index contributed by atoms with van der Waals surface area (Å²) in [7, 11) is 0. The van der Waals surface area contributed by atoms with E-state index in [9.17, 15) is 5.21 Å². The minimum Gasteiger partial charge on any atom is -0.411 e. The van der Waals surface area contributed by atoms with E-state index in [1.807, 2.05) is 12.1 Å². The predicted molar refractivity (Wildman–Crippen MR) is 101 cm³/mol. The van der Waals surface area contributed by atoms with Gasteiger partial charge in [0.25, 0.3) is 0 Å². The van der Waals surface area contributed by atoms with Gasteiger partial charge in [0.15, 0.2) is 0 Å². The molecule has 2 heteroatoms. The van der Waals surface area contributed by atoms with Crippen molar-refractivity contribution in [1.29, 1.82) is 0 Å². The fourth-order valence-corrected chi connectivity index (χ4v) is 4.17. The molecule has 124 valence electrons. The number of benzene rings is 3. The molecule has 1 aliphatic rings. The normalized spacial score (nSPS) is 20.2. The molecular formula is C23H21NO. The standard InChI is InChI=1S/C23H21NO/c1-17-12-14-18(15-13-17)21-16-22(24-25)23(21,19-8-4-2-5-9-19)20-10-6-3-7-11-20/h2-15,21,25H,16H2,1H3/b24-22+. The first kappa shape index (κ1) is 15.6. The SMILES string of the molecule is Cc1ccc(C2C/C(=N\O)C2(c2ccccc2)c2ccccc2)cc1. The molecule has 0 radical (unpaired) electrons. The van der Waals surface area contributed by atoms with E-state index >= 15 is 0 Å². The van der Waals surface area contributed by atoms with Crippen LogP contribution in [0.3, 0.4) is 0 Å². The van der Waals surface area contributed by atoms with Gasteiger partial charge < -0.3 is 5.21 Å². The fraction of sp³-hybridized carbons (Fsp3) is 0.174. The van der Waals surface area contributed by atoms with Crippen molar-refractivity contribution >= 4 is 5.71 Å². The van der Waals surface area contributed by atoms with Crippen molar-refractivity contribution in [2.45, 2.75) is 24.7 Å². The molecule has 1 atom stereocenters. The second-order valence-corrected chi connectivity index (χ2v) is 6.75. The topological polar surface area (TPSA) is 32.6 Å². The van der Waals surface area contributed by atoms with E-state index in [0.717, 1.165) is 12.1 Å². The monoisotopic (exact) mass is 327 g/mol. The molecule has 25 heavy (non-hydrogen) atoms. The molecule has 2 nitrogen and oxygen atoms in total. The lowest BCUT2D eigenvalue weighted by Crippen LogP contribution is -2.53. The summed E-state index contributed by atoms with van der Waals surface area (Å²) >= 11 is 0. The smallest absolute Gasteiger partial charge is 0.0733 e. The summed E-state index contributed by atoms with van der Waals surface area (Å²) in [5, 5.41) is 13.5. The molecule has 0 aromatic heterocycles. The zero-order chi connectivity index (χ0) is 17.3. The molecule has 0 amide bonds. The lowest BCUT2D eigenvalue weighted by Gasteiger charge is -2.51. The highest BCUT2D eigenvalue weighted by Gasteiger charge is 2.55. The van der Waals surface area contributed by atoms with E-state index in [1.54, 1.807) is 0 Å². The van der Waals surface area contributed by atoms with Crippen molar-refractivity contribution in [3.8, 4) is 0 Å². The average Bonchev–Trinajstić information content (AvgIpc) is 2.65. The van der Waals surface area contributed by atoms with Gasteiger partial charge in [-0.15, -0.1) is 0 Å². The van der Waals surface area contributed by atoms with Crippen LogP contribution in [0.1, 0.15) is 34.6 Å². The summed E-state index contributed by atoms with van der Waals surface area (Å²) in [6.07, 6.45) is 0.767. The van der Waals surface area contributed by atoms with Crippen molar-refractivity contribution < 1.29 is 5.21 Å². The van der Waals surface area contributed by atoms with E-state index in [2.05, 4.69) is 84.9 Å². The average molecular weight is 327 g/mol. The molecule has 0 bridgehead atoms. The van der Waals surface area contributed by atoms with Crippen LogP contribution in [0.25, 0.3) is 0 Å². The fourth-order valence-electron chi connectivity index (χ4n) is 4.17. The van der Waals surface area contributed by atoms with Gasteiger partial charge >= 0.3 is 0 Å². The number of hydrogen-bond donors (Lipinski definition) is 1. The van der Waals surface area contributed by atoms with E-state index < -0.39 is 5.41 Å². The Morgan fingerprint density at radius 2 is 1.32 bits per heavy atom. The third-order valence-electron chi connectivity index (χ3n) is 5.43. The van der Waals surface area contributed by atoms with Crippen LogP contribution in [0.5, 0.6) is 0 Å². The van der Waals surface area contributed by atoms with Gasteiger partial charge in [0.05, 0.1) is 11.1 Å². The summed E-state index contributed by atoms with van der Waals surface area (Å²) < 4.78 is 0. The summed E-state index contributed by atoms with van der Waals surface area (Å²) in [6, 6.07) is 29.5. The zero-order valence-corrected chi connectivity index (χ0v) is 14.3. The minimum atomic E-state index is -0.410. The summed E-state index contributed by atoms with van der Waals surface area (Å²) in [5.41, 5.74) is 5.30. The van der Waals surface area contributed by atoms with Gasteiger partial charge in [0, 0.05) is 5.92 Å². The zero-order valence-electron chi connectivity index (χ0n) is 14.3. The molecule has 3 aromatic carbocycles. The maximum atomic E-state index is 9.74. The van der Waals surface area contributed by atoms with E-state index in [4.69, 9.17) is 0 Å². The van der Waals surface area contributed by atoms with Crippen LogP contribution in [0.4, 0.5) is 0 Å². The van der Waals surface area contributed by atoms with Crippen LogP contribution in [-0.2, 0) is 5.41 Å². The van der Waals surface area contributed by atoms with Crippen molar-refractivity contribution in [2.75, 3.05) is 0 Å². The minimum absolute atomic E-state index is 0.254. The van der Waals surface area contributed by atoms with Crippen molar-refractivity contribution in [3.63, 3.8) is 0 Å². The Morgan fingerprint density at radius 3 is 1.80 bits per heavy atom. The predicted octanol–water partition coefficient (Wildman–Crippen LogP) is 5.30. The maximum absolute atomic E-state index is 9.74. The molecule has 3 aromatic rings. The molecule has 1 fully saturated rings. The molecule has 4 rings (SSSR count). The lowest BCUT2D eigenvalue weighted by molar-refractivity contribution is 0.297. The summed E-state index contributed by atoms with van der Waals surface area (Å²) in [6.45, 7) is 2.10. The number of hydrogen-bond acceptors (Lipinski definition) is 2. The molecule has 0 aliphatic heterocycles. The van der Waals surface area contributed by atoms with Gasteiger partial charge in [-0.25, -0.2) is 0 Å². The number of rotatable bonds is 3. The van der Waals surface area contributed by atoms with Crippen LogP contribution in [0, 0.1) is 6.92 Å². The number of oxime groups is 1. The molecule has 1 unspecified atom stereocenters. The van der Waals surface area contributed by atoms with Gasteiger partial charge in [-0.2, -0.15) is 0 Å². The maximum Gasteiger partial charge on any atom is 0.0733 e. The Hall–Kier alpha value is -2.87. The quantitative estimate of drug-likeness (QED) is 0.514. The first-order valence-corrected chi connectivity index (χ1v) is 8.66. The largest absolute Gasteiger partial charge is 0.411 e. The van der Waals surface area contributed by atoms with Gasteiger partial charge in [-0.1, -0.05) is 95.6 Å². The van der Waals surface area contributed by atoms with E-state index in [0.29, 0.717) is 0 Å². The Bertz CT molecular complexity index is 843. The number of aryl methyl sites for hydroxylation is 1. The second-order valence-electron chi connectivity index (χ2n) is 6.75. The van der Waals surface area contributed by atoms with Crippen LogP contribution in [-0.4, -0.2) is 10.9 Å². The molecule has 0 saturated heterocycles. The summed E-state index contributed by atoms with van der Waals surface area (Å²) in [5.74, 6) is 0.254. The second kappa shape index (κ2) is 6.21. The first-order valence-electron chi connectivity index (χ1n) is 8.66. The molecule has 1 aliphatic carbocycles. The van der Waals surface area contributed by atoms with Crippen LogP contribution in [0.2, 0.25) is 0 Å². The van der Waals surface area contributed by atoms with Crippen molar-refractivity contribution in [2.24, 2.45) is 5.16 Å². The Kier molecular flexibility index (Phi) is 3.89. The van der Waals surface area contributed by atoms with Crippen molar-refractivity contribution in [3.05, 3.63) is 107 Å². The van der Waals surface area contributed by atoms with Crippen molar-refractivity contribution in [1.82, 2.24) is 0 Å². The van der Waals surface area contributed by atoms with E-state index in [1.165, 1.54) is 22.3 Å². The molecule has 0 heterocycles.